The molecule has 0 nitrogen and oxygen atoms in total. The molecule has 1 heterocycles. The van der Waals surface area contributed by atoms with Crippen LogP contribution in [0.2, 0.25) is 0 Å². The number of hydrogen-bond donors (Lipinski definition) is 0. The Bertz CT molecular complexity index is 2400. The Labute approximate surface area is 368 Å². The summed E-state index contributed by atoms with van der Waals surface area (Å²) in [5.74, 6) is 0. The van der Waals surface area contributed by atoms with Crippen LogP contribution in [0.15, 0.2) is 140 Å². The van der Waals surface area contributed by atoms with Crippen LogP contribution in [0.3, 0.4) is 0 Å². The molecule has 0 aliphatic carbocycles. The molecule has 0 spiro atoms. The first-order valence-corrected chi connectivity index (χ1v) is 27.9. The summed E-state index contributed by atoms with van der Waals surface area (Å²) in [5.41, 5.74) is 16.7. The van der Waals surface area contributed by atoms with Gasteiger partial charge < -0.3 is 0 Å². The van der Waals surface area contributed by atoms with Gasteiger partial charge in [0.15, 0.2) is 0 Å². The van der Waals surface area contributed by atoms with Crippen molar-refractivity contribution in [2.75, 3.05) is 0 Å². The third kappa shape index (κ3) is 10.5. The van der Waals surface area contributed by atoms with Crippen molar-refractivity contribution in [3.05, 3.63) is 179 Å². The Balaban J connectivity index is 0.000000145. The summed E-state index contributed by atoms with van der Waals surface area (Å²) in [4.78, 5) is 0. The Morgan fingerprint density at radius 2 is 0.983 bits per heavy atom. The number of rotatable bonds is 8. The topological polar surface area (TPSA) is 0 Å². The SMILES string of the molecule is CCCCc1cc2c(-c3ccccc3C)c(C)ccc2[cH-]1.CCCCc1cc2c(-c3ccccc3C)c(C)ccc2[cH-]1.[Cl][Zr][Cl].[c-]1cccc2c1[Si]c1ccccc1-2. The summed E-state index contributed by atoms with van der Waals surface area (Å²) in [5, 5.41) is 8.41. The molecule has 0 N–H and O–H groups in total. The first kappa shape index (κ1) is 43.8. The Morgan fingerprint density at radius 3 is 1.47 bits per heavy atom. The summed E-state index contributed by atoms with van der Waals surface area (Å²) in [6.07, 6.45) is 7.44. The van der Waals surface area contributed by atoms with E-state index in [0.717, 1.165) is 9.52 Å². The van der Waals surface area contributed by atoms with Crippen LogP contribution in [0.5, 0.6) is 0 Å². The van der Waals surface area contributed by atoms with E-state index in [0.29, 0.717) is 0 Å². The molecule has 8 aromatic carbocycles. The minimum Gasteiger partial charge on any atom is -0.184 e. The minimum atomic E-state index is -0.826. The molecule has 58 heavy (non-hydrogen) atoms. The molecule has 0 bridgehead atoms. The Hall–Kier alpha value is -3.78. The average molecular weight is 892 g/mol. The van der Waals surface area contributed by atoms with E-state index in [1.54, 1.807) is 0 Å². The van der Waals surface area contributed by atoms with E-state index in [1.165, 1.54) is 137 Å². The number of halogens is 2. The zero-order valence-corrected chi connectivity index (χ0v) is 39.7. The number of benzene rings is 6. The fourth-order valence-corrected chi connectivity index (χ4v) is 9.41. The van der Waals surface area contributed by atoms with Crippen molar-refractivity contribution in [3.8, 4) is 33.4 Å². The molecule has 0 fully saturated rings. The van der Waals surface area contributed by atoms with E-state index >= 15 is 0 Å². The van der Waals surface area contributed by atoms with Gasteiger partial charge in [-0.05, 0) is 62.8 Å². The summed E-state index contributed by atoms with van der Waals surface area (Å²) in [6.45, 7) is 13.4. The van der Waals surface area contributed by atoms with E-state index < -0.39 is 20.8 Å². The van der Waals surface area contributed by atoms with Crippen LogP contribution in [0.1, 0.15) is 72.9 Å². The molecule has 4 heteroatoms. The number of hydrogen-bond acceptors (Lipinski definition) is 0. The number of aryl methyl sites for hydroxylation is 6. The number of fused-ring (bicyclic) bond motifs is 5. The van der Waals surface area contributed by atoms with Gasteiger partial charge in [-0.1, -0.05) is 145 Å². The third-order valence-electron chi connectivity index (χ3n) is 11.1. The summed E-state index contributed by atoms with van der Waals surface area (Å²) >= 11 is -0.826. The monoisotopic (exact) mass is 889 g/mol. The largest absolute Gasteiger partial charge is 0.184 e. The van der Waals surface area contributed by atoms with E-state index in [2.05, 4.69) is 181 Å². The van der Waals surface area contributed by atoms with E-state index in [4.69, 9.17) is 17.0 Å². The van der Waals surface area contributed by atoms with Gasteiger partial charge in [-0.25, -0.2) is 0 Å². The predicted octanol–water partition coefficient (Wildman–Crippen LogP) is 14.9. The fraction of sp³-hybridized carbons (Fsp3) is 0.222. The van der Waals surface area contributed by atoms with Crippen molar-refractivity contribution < 1.29 is 20.8 Å². The first-order valence-electron chi connectivity index (χ1n) is 20.6. The summed E-state index contributed by atoms with van der Waals surface area (Å²) < 4.78 is 0. The maximum atomic E-state index is 4.93. The second-order valence-electron chi connectivity index (χ2n) is 15.3. The summed E-state index contributed by atoms with van der Waals surface area (Å²) in [7, 11) is 10.7. The van der Waals surface area contributed by atoms with Crippen LogP contribution in [0.4, 0.5) is 0 Å². The van der Waals surface area contributed by atoms with E-state index in [1.807, 2.05) is 6.07 Å². The van der Waals surface area contributed by atoms with Crippen molar-refractivity contribution in [3.63, 3.8) is 0 Å². The van der Waals surface area contributed by atoms with Crippen LogP contribution < -0.4 is 10.4 Å². The fourth-order valence-electron chi connectivity index (χ4n) is 8.10. The van der Waals surface area contributed by atoms with Crippen LogP contribution in [0, 0.1) is 33.8 Å². The van der Waals surface area contributed by atoms with Crippen molar-refractivity contribution in [2.24, 2.45) is 0 Å². The van der Waals surface area contributed by atoms with Crippen LogP contribution in [-0.2, 0) is 33.7 Å². The molecule has 1 aliphatic heterocycles. The van der Waals surface area contributed by atoms with Gasteiger partial charge in [-0.15, -0.1) is 74.6 Å². The molecule has 294 valence electrons. The van der Waals surface area contributed by atoms with Crippen molar-refractivity contribution in [1.82, 2.24) is 0 Å². The van der Waals surface area contributed by atoms with Crippen LogP contribution in [0.25, 0.3) is 54.9 Å². The van der Waals surface area contributed by atoms with Crippen molar-refractivity contribution >= 4 is 58.5 Å². The van der Waals surface area contributed by atoms with Crippen LogP contribution >= 0.6 is 17.0 Å². The molecule has 0 aromatic heterocycles. The van der Waals surface area contributed by atoms with Gasteiger partial charge in [0.25, 0.3) is 0 Å². The van der Waals surface area contributed by atoms with Gasteiger partial charge in [0, 0.05) is 0 Å². The summed E-state index contributed by atoms with van der Waals surface area (Å²) in [6, 6.07) is 54.2. The van der Waals surface area contributed by atoms with Crippen LogP contribution in [-0.4, -0.2) is 9.52 Å². The van der Waals surface area contributed by atoms with Gasteiger partial charge in [-0.2, -0.15) is 41.6 Å². The van der Waals surface area contributed by atoms with Gasteiger partial charge in [0.2, 0.25) is 0 Å². The third-order valence-corrected chi connectivity index (χ3v) is 12.5. The second kappa shape index (κ2) is 21.5. The molecule has 9 rings (SSSR count). The molecule has 0 unspecified atom stereocenters. The molecule has 2 radical (unpaired) electrons. The Kier molecular flexibility index (Phi) is 16.2. The second-order valence-corrected chi connectivity index (χ2v) is 20.3. The Morgan fingerprint density at radius 1 is 0.534 bits per heavy atom. The molecular formula is C54H53Cl2SiZr-3. The molecule has 0 amide bonds. The molecule has 0 saturated heterocycles. The number of unbranched alkanes of at least 4 members (excludes halogenated alkanes) is 2. The van der Waals surface area contributed by atoms with E-state index in [9.17, 15) is 0 Å². The van der Waals surface area contributed by atoms with Crippen molar-refractivity contribution in [1.29, 1.82) is 0 Å². The quantitative estimate of drug-likeness (QED) is 0.105. The first-order chi connectivity index (χ1) is 28.3. The molecular weight excluding hydrogens is 839 g/mol. The average Bonchev–Trinajstić information content (AvgIpc) is 3.96. The molecule has 0 saturated carbocycles. The zero-order chi connectivity index (χ0) is 41.0. The smallest absolute Gasteiger partial charge is 0.0920 e. The van der Waals surface area contributed by atoms with E-state index in [-0.39, 0.29) is 0 Å². The zero-order valence-electron chi connectivity index (χ0n) is 34.8. The maximum Gasteiger partial charge on any atom is 0.0920 e. The van der Waals surface area contributed by atoms with Gasteiger partial charge in [-0.3, -0.25) is 0 Å². The van der Waals surface area contributed by atoms with Gasteiger partial charge >= 0.3 is 37.9 Å². The molecule has 0 atom stereocenters. The van der Waals surface area contributed by atoms with Gasteiger partial charge in [0.1, 0.15) is 0 Å². The maximum absolute atomic E-state index is 4.93. The standard InChI is InChI=1S/2C21H23.C12H7Si.2ClH.Zr/c2*1-4-5-9-17-13-18-12-11-16(3)21(20(18)14-17)19-10-7-6-8-15(19)2;1-3-7-11-9(5-1)10-6-2-4-8-12(10)13-11;;;/h2*6-8,10-14H,4-5,9H2,1-3H3;1-7H;2*1H;/q3*-1;;;+2/p-2. The normalized spacial score (nSPS) is 11.1. The van der Waals surface area contributed by atoms with Crippen molar-refractivity contribution in [2.45, 2.75) is 80.1 Å². The molecule has 1 aliphatic rings. The molecule has 8 aromatic rings. The predicted molar refractivity (Wildman–Crippen MR) is 254 cm³/mol. The van der Waals surface area contributed by atoms with Gasteiger partial charge in [0.05, 0.1) is 9.52 Å². The minimum absolute atomic E-state index is 0.795.